The van der Waals surface area contributed by atoms with Crippen molar-refractivity contribution in [1.29, 1.82) is 0 Å². The summed E-state index contributed by atoms with van der Waals surface area (Å²) in [5, 5.41) is 7.50. The second-order valence-corrected chi connectivity index (χ2v) is 5.33. The maximum atomic E-state index is 13.2. The van der Waals surface area contributed by atoms with Crippen LogP contribution in [0.25, 0.3) is 16.9 Å². The van der Waals surface area contributed by atoms with Gasteiger partial charge in [0, 0.05) is 17.6 Å². The summed E-state index contributed by atoms with van der Waals surface area (Å²) in [4.78, 5) is 11.9. The molecular formula is C17H13ClFN3O. The van der Waals surface area contributed by atoms with Crippen molar-refractivity contribution in [2.75, 3.05) is 7.05 Å². The van der Waals surface area contributed by atoms with E-state index >= 15 is 0 Å². The number of aromatic nitrogens is 2. The van der Waals surface area contributed by atoms with Crippen LogP contribution < -0.4 is 5.32 Å². The number of rotatable bonds is 3. The lowest BCUT2D eigenvalue weighted by atomic mass is 10.1. The van der Waals surface area contributed by atoms with Crippen molar-refractivity contribution < 1.29 is 9.18 Å². The maximum absolute atomic E-state index is 13.2. The van der Waals surface area contributed by atoms with Gasteiger partial charge in [-0.2, -0.15) is 5.10 Å². The zero-order valence-electron chi connectivity index (χ0n) is 12.3. The van der Waals surface area contributed by atoms with Gasteiger partial charge in [-0.3, -0.25) is 4.79 Å². The number of carbonyl (C=O) groups is 1. The highest BCUT2D eigenvalue weighted by Crippen LogP contribution is 2.25. The third-order valence-corrected chi connectivity index (χ3v) is 3.63. The van der Waals surface area contributed by atoms with E-state index in [1.807, 2.05) is 0 Å². The zero-order valence-corrected chi connectivity index (χ0v) is 13.0. The van der Waals surface area contributed by atoms with Gasteiger partial charge < -0.3 is 5.32 Å². The van der Waals surface area contributed by atoms with Crippen LogP contribution in [0.15, 0.2) is 54.6 Å². The predicted molar refractivity (Wildman–Crippen MR) is 87.4 cm³/mol. The summed E-state index contributed by atoms with van der Waals surface area (Å²) in [6, 6.07) is 14.8. The lowest BCUT2D eigenvalue weighted by Crippen LogP contribution is -2.18. The quantitative estimate of drug-likeness (QED) is 0.796. The molecule has 3 aromatic rings. The van der Waals surface area contributed by atoms with Gasteiger partial charge in [0.05, 0.1) is 11.4 Å². The van der Waals surface area contributed by atoms with Gasteiger partial charge in [-0.15, -0.1) is 0 Å². The Kier molecular flexibility index (Phi) is 4.12. The molecule has 23 heavy (non-hydrogen) atoms. The summed E-state index contributed by atoms with van der Waals surface area (Å²) in [5.74, 6) is -0.612. The van der Waals surface area contributed by atoms with Gasteiger partial charge in [0.15, 0.2) is 5.69 Å². The van der Waals surface area contributed by atoms with E-state index in [9.17, 15) is 9.18 Å². The summed E-state index contributed by atoms with van der Waals surface area (Å²) in [5.41, 5.74) is 2.47. The molecule has 1 heterocycles. The minimum atomic E-state index is -0.321. The number of hydrogen-bond acceptors (Lipinski definition) is 2. The molecule has 1 N–H and O–H groups in total. The Morgan fingerprint density at radius 2 is 1.78 bits per heavy atom. The van der Waals surface area contributed by atoms with Crippen molar-refractivity contribution in [3.05, 3.63) is 71.1 Å². The van der Waals surface area contributed by atoms with E-state index in [4.69, 9.17) is 11.6 Å². The number of carbonyl (C=O) groups excluding carboxylic acids is 1. The first-order valence-corrected chi connectivity index (χ1v) is 7.30. The van der Waals surface area contributed by atoms with Crippen molar-refractivity contribution >= 4 is 17.5 Å². The second-order valence-electron chi connectivity index (χ2n) is 4.89. The van der Waals surface area contributed by atoms with E-state index in [-0.39, 0.29) is 17.4 Å². The van der Waals surface area contributed by atoms with Gasteiger partial charge in [0.2, 0.25) is 0 Å². The zero-order chi connectivity index (χ0) is 16.4. The second kappa shape index (κ2) is 6.22. The molecule has 6 heteroatoms. The van der Waals surface area contributed by atoms with Gasteiger partial charge in [0.1, 0.15) is 5.82 Å². The van der Waals surface area contributed by atoms with Crippen molar-refractivity contribution in [3.8, 4) is 16.9 Å². The molecule has 116 valence electrons. The minimum Gasteiger partial charge on any atom is -0.354 e. The Morgan fingerprint density at radius 1 is 1.13 bits per heavy atom. The van der Waals surface area contributed by atoms with Crippen molar-refractivity contribution in [1.82, 2.24) is 15.1 Å². The first kappa shape index (κ1) is 15.2. The highest BCUT2D eigenvalue weighted by Gasteiger charge is 2.16. The van der Waals surface area contributed by atoms with Crippen molar-refractivity contribution in [2.45, 2.75) is 0 Å². The maximum Gasteiger partial charge on any atom is 0.271 e. The van der Waals surface area contributed by atoms with Crippen LogP contribution in [0.5, 0.6) is 0 Å². The van der Waals surface area contributed by atoms with Gasteiger partial charge in [0.25, 0.3) is 5.91 Å². The predicted octanol–water partition coefficient (Wildman–Crippen LogP) is 3.69. The molecule has 0 aliphatic rings. The Labute approximate surface area is 137 Å². The Hall–Kier alpha value is -2.66. The summed E-state index contributed by atoms with van der Waals surface area (Å²) in [6.07, 6.45) is 0. The molecule has 2 aromatic carbocycles. The van der Waals surface area contributed by atoms with Crippen LogP contribution in [0.2, 0.25) is 5.02 Å². The smallest absolute Gasteiger partial charge is 0.271 e. The topological polar surface area (TPSA) is 46.9 Å². The molecule has 1 aromatic heterocycles. The molecular weight excluding hydrogens is 317 g/mol. The van der Waals surface area contributed by atoms with Crippen molar-refractivity contribution in [3.63, 3.8) is 0 Å². The minimum absolute atomic E-state index is 0.279. The van der Waals surface area contributed by atoms with E-state index in [0.717, 1.165) is 11.3 Å². The highest BCUT2D eigenvalue weighted by atomic mass is 35.5. The van der Waals surface area contributed by atoms with Crippen LogP contribution in [0.4, 0.5) is 4.39 Å². The molecule has 3 rings (SSSR count). The third-order valence-electron chi connectivity index (χ3n) is 3.38. The van der Waals surface area contributed by atoms with E-state index in [0.29, 0.717) is 10.7 Å². The summed E-state index contributed by atoms with van der Waals surface area (Å²) in [7, 11) is 1.54. The number of benzene rings is 2. The lowest BCUT2D eigenvalue weighted by Gasteiger charge is -2.07. The molecule has 0 bridgehead atoms. The standard InChI is InChI=1S/C17H13ClFN3O/c1-20-17(23)15-10-16(11-2-6-13(19)7-3-11)22(21-15)14-8-4-12(18)5-9-14/h2-10H,1H3,(H,20,23). The molecule has 0 spiro atoms. The fourth-order valence-corrected chi connectivity index (χ4v) is 2.35. The first-order chi connectivity index (χ1) is 11.1. The number of hydrogen-bond donors (Lipinski definition) is 1. The summed E-state index contributed by atoms with van der Waals surface area (Å²) >= 11 is 5.92. The normalized spacial score (nSPS) is 10.6. The average molecular weight is 330 g/mol. The molecule has 4 nitrogen and oxygen atoms in total. The molecule has 0 saturated heterocycles. The molecule has 0 unspecified atom stereocenters. The highest BCUT2D eigenvalue weighted by molar-refractivity contribution is 6.30. The molecule has 0 fully saturated rings. The van der Waals surface area contributed by atoms with E-state index in [1.54, 1.807) is 54.2 Å². The van der Waals surface area contributed by atoms with Crippen LogP contribution >= 0.6 is 11.6 Å². The molecule has 0 saturated carbocycles. The largest absolute Gasteiger partial charge is 0.354 e. The number of halogens is 2. The van der Waals surface area contributed by atoms with Crippen molar-refractivity contribution in [2.24, 2.45) is 0 Å². The average Bonchev–Trinajstić information content (AvgIpc) is 3.01. The van der Waals surface area contributed by atoms with Crippen LogP contribution in [0.1, 0.15) is 10.5 Å². The molecule has 0 radical (unpaired) electrons. The number of nitrogens with zero attached hydrogens (tertiary/aromatic N) is 2. The van der Waals surface area contributed by atoms with Crippen LogP contribution in [0, 0.1) is 5.82 Å². The van der Waals surface area contributed by atoms with Crippen LogP contribution in [-0.2, 0) is 0 Å². The number of nitrogens with one attached hydrogen (secondary N) is 1. The van der Waals surface area contributed by atoms with E-state index < -0.39 is 0 Å². The third kappa shape index (κ3) is 3.10. The molecule has 1 amide bonds. The van der Waals surface area contributed by atoms with Gasteiger partial charge >= 0.3 is 0 Å². The van der Waals surface area contributed by atoms with Gasteiger partial charge in [-0.25, -0.2) is 9.07 Å². The Bertz CT molecular complexity index is 778. The fourth-order valence-electron chi connectivity index (χ4n) is 2.23. The SMILES string of the molecule is CNC(=O)c1cc(-c2ccc(F)cc2)n(-c2ccc(Cl)cc2)n1. The van der Waals surface area contributed by atoms with E-state index in [1.165, 1.54) is 12.1 Å². The van der Waals surface area contributed by atoms with Gasteiger partial charge in [-0.1, -0.05) is 11.6 Å². The Balaban J connectivity index is 2.16. The van der Waals surface area contributed by atoms with Crippen LogP contribution in [-0.4, -0.2) is 22.7 Å². The summed E-state index contributed by atoms with van der Waals surface area (Å²) < 4.78 is 14.8. The molecule has 0 atom stereocenters. The number of amides is 1. The molecule has 0 aliphatic carbocycles. The summed E-state index contributed by atoms with van der Waals surface area (Å²) in [6.45, 7) is 0. The van der Waals surface area contributed by atoms with E-state index in [2.05, 4.69) is 10.4 Å². The lowest BCUT2D eigenvalue weighted by molar-refractivity contribution is 0.0957. The van der Waals surface area contributed by atoms with Gasteiger partial charge in [-0.05, 0) is 54.6 Å². The first-order valence-electron chi connectivity index (χ1n) is 6.92. The molecule has 0 aliphatic heterocycles. The Morgan fingerprint density at radius 3 is 2.39 bits per heavy atom. The monoisotopic (exact) mass is 329 g/mol. The fraction of sp³-hybridized carbons (Fsp3) is 0.0588. The van der Waals surface area contributed by atoms with Crippen LogP contribution in [0.3, 0.4) is 0 Å².